The molecule has 0 spiro atoms. The summed E-state index contributed by atoms with van der Waals surface area (Å²) in [5, 5.41) is 11.9. The van der Waals surface area contributed by atoms with Crippen molar-refractivity contribution in [3.05, 3.63) is 53.0 Å². The van der Waals surface area contributed by atoms with Crippen LogP contribution in [-0.4, -0.2) is 23.6 Å². The Morgan fingerprint density at radius 3 is 2.72 bits per heavy atom. The van der Waals surface area contributed by atoms with Gasteiger partial charge >= 0.3 is 5.97 Å². The molecule has 0 bridgehead atoms. The summed E-state index contributed by atoms with van der Waals surface area (Å²) in [4.78, 5) is 23.4. The van der Waals surface area contributed by atoms with Crippen LogP contribution < -0.4 is 10.1 Å². The lowest BCUT2D eigenvalue weighted by molar-refractivity contribution is 0.0694. The standard InChI is InChI=1S/C19H21NO5/c1-2-15-14(19(22)23)9-17(25-15)18(21)20-10-13-5-3-4-6-16(13)24-11-12-7-8-12/h3-6,9,12H,2,7-8,10-11H2,1H3,(H,20,21)(H,22,23). The topological polar surface area (TPSA) is 88.8 Å². The van der Waals surface area contributed by atoms with Gasteiger partial charge in [0.1, 0.15) is 17.1 Å². The molecule has 1 aromatic heterocycles. The lowest BCUT2D eigenvalue weighted by Crippen LogP contribution is -2.22. The van der Waals surface area contributed by atoms with Gasteiger partial charge in [-0.2, -0.15) is 0 Å². The second-order valence-electron chi connectivity index (χ2n) is 6.15. The van der Waals surface area contributed by atoms with E-state index in [4.69, 9.17) is 14.3 Å². The summed E-state index contributed by atoms with van der Waals surface area (Å²) in [5.74, 6) is 0.163. The van der Waals surface area contributed by atoms with Gasteiger partial charge in [0.2, 0.25) is 0 Å². The molecule has 1 saturated carbocycles. The van der Waals surface area contributed by atoms with E-state index in [-0.39, 0.29) is 17.9 Å². The minimum absolute atomic E-state index is 0.00521. The highest BCUT2D eigenvalue weighted by Crippen LogP contribution is 2.30. The first-order chi connectivity index (χ1) is 12.1. The van der Waals surface area contributed by atoms with Crippen LogP contribution >= 0.6 is 0 Å². The number of aryl methyl sites for hydroxylation is 1. The molecule has 0 unspecified atom stereocenters. The van der Waals surface area contributed by atoms with E-state index < -0.39 is 11.9 Å². The fourth-order valence-electron chi connectivity index (χ4n) is 2.53. The summed E-state index contributed by atoms with van der Waals surface area (Å²) < 4.78 is 11.2. The van der Waals surface area contributed by atoms with E-state index in [9.17, 15) is 9.59 Å². The van der Waals surface area contributed by atoms with Crippen molar-refractivity contribution >= 4 is 11.9 Å². The number of para-hydroxylation sites is 1. The Morgan fingerprint density at radius 2 is 2.08 bits per heavy atom. The molecule has 6 nitrogen and oxygen atoms in total. The molecule has 0 aliphatic heterocycles. The van der Waals surface area contributed by atoms with Crippen molar-refractivity contribution in [3.8, 4) is 5.75 Å². The number of rotatable bonds is 8. The van der Waals surface area contributed by atoms with Gasteiger partial charge in [0.25, 0.3) is 5.91 Å². The van der Waals surface area contributed by atoms with Crippen LogP contribution in [-0.2, 0) is 13.0 Å². The van der Waals surface area contributed by atoms with Gasteiger partial charge in [-0.15, -0.1) is 0 Å². The van der Waals surface area contributed by atoms with Crippen LogP contribution in [0.5, 0.6) is 5.75 Å². The minimum atomic E-state index is -1.10. The van der Waals surface area contributed by atoms with E-state index in [1.54, 1.807) is 6.92 Å². The van der Waals surface area contributed by atoms with Crippen LogP contribution in [0.15, 0.2) is 34.7 Å². The fourth-order valence-corrected chi connectivity index (χ4v) is 2.53. The van der Waals surface area contributed by atoms with Crippen LogP contribution in [0.4, 0.5) is 0 Å². The molecule has 1 amide bonds. The maximum Gasteiger partial charge on any atom is 0.339 e. The first-order valence-electron chi connectivity index (χ1n) is 8.43. The zero-order valence-electron chi connectivity index (χ0n) is 14.1. The van der Waals surface area contributed by atoms with Crippen molar-refractivity contribution in [3.63, 3.8) is 0 Å². The summed E-state index contributed by atoms with van der Waals surface area (Å²) in [6.07, 6.45) is 2.83. The van der Waals surface area contributed by atoms with Crippen LogP contribution in [0.2, 0.25) is 0 Å². The Hall–Kier alpha value is -2.76. The number of benzene rings is 1. The maximum atomic E-state index is 12.3. The summed E-state index contributed by atoms with van der Waals surface area (Å²) in [6, 6.07) is 8.83. The van der Waals surface area contributed by atoms with Crippen molar-refractivity contribution in [2.24, 2.45) is 5.92 Å². The summed E-state index contributed by atoms with van der Waals surface area (Å²) >= 11 is 0. The normalized spacial score (nSPS) is 13.5. The van der Waals surface area contributed by atoms with Crippen LogP contribution in [0.25, 0.3) is 0 Å². The van der Waals surface area contributed by atoms with E-state index in [1.165, 1.54) is 18.9 Å². The monoisotopic (exact) mass is 343 g/mol. The molecule has 132 valence electrons. The number of hydrogen-bond donors (Lipinski definition) is 2. The van der Waals surface area contributed by atoms with Crippen LogP contribution in [0.1, 0.15) is 52.0 Å². The van der Waals surface area contributed by atoms with Crippen molar-refractivity contribution in [1.82, 2.24) is 5.32 Å². The molecule has 1 heterocycles. The van der Waals surface area contributed by atoms with Gasteiger partial charge in [-0.1, -0.05) is 25.1 Å². The number of carbonyl (C=O) groups is 2. The van der Waals surface area contributed by atoms with E-state index in [1.807, 2.05) is 24.3 Å². The molecule has 2 aromatic rings. The van der Waals surface area contributed by atoms with Gasteiger partial charge in [0.05, 0.1) is 6.61 Å². The molecule has 1 aliphatic rings. The van der Waals surface area contributed by atoms with E-state index in [0.29, 0.717) is 24.7 Å². The Balaban J connectivity index is 1.65. The largest absolute Gasteiger partial charge is 0.493 e. The van der Waals surface area contributed by atoms with Gasteiger partial charge in [0.15, 0.2) is 5.76 Å². The summed E-state index contributed by atoms with van der Waals surface area (Å²) in [6.45, 7) is 2.76. The lowest BCUT2D eigenvalue weighted by atomic mass is 10.2. The Labute approximate surface area is 145 Å². The molecule has 0 saturated heterocycles. The Morgan fingerprint density at radius 1 is 1.32 bits per heavy atom. The molecule has 25 heavy (non-hydrogen) atoms. The molecular weight excluding hydrogens is 322 g/mol. The van der Waals surface area contributed by atoms with E-state index in [0.717, 1.165) is 11.3 Å². The highest BCUT2D eigenvalue weighted by atomic mass is 16.5. The molecule has 1 fully saturated rings. The third-order valence-electron chi connectivity index (χ3n) is 4.17. The smallest absolute Gasteiger partial charge is 0.339 e. The molecule has 1 aromatic carbocycles. The average molecular weight is 343 g/mol. The Bertz CT molecular complexity index is 776. The predicted molar refractivity (Wildman–Crippen MR) is 90.9 cm³/mol. The number of ether oxygens (including phenoxy) is 1. The minimum Gasteiger partial charge on any atom is -0.493 e. The molecular formula is C19H21NO5. The average Bonchev–Trinajstić information content (AvgIpc) is 3.34. The van der Waals surface area contributed by atoms with Gasteiger partial charge in [-0.3, -0.25) is 4.79 Å². The molecule has 1 aliphatic carbocycles. The highest BCUT2D eigenvalue weighted by molar-refractivity contribution is 5.96. The quantitative estimate of drug-likeness (QED) is 0.768. The van der Waals surface area contributed by atoms with Gasteiger partial charge in [0, 0.05) is 24.6 Å². The number of carboxylic acid groups (broad SMARTS) is 1. The molecule has 6 heteroatoms. The fraction of sp³-hybridized carbons (Fsp3) is 0.368. The lowest BCUT2D eigenvalue weighted by Gasteiger charge is -2.11. The van der Waals surface area contributed by atoms with Crippen molar-refractivity contribution < 1.29 is 23.8 Å². The molecule has 0 radical (unpaired) electrons. The van der Waals surface area contributed by atoms with Gasteiger partial charge in [-0.25, -0.2) is 4.79 Å². The molecule has 2 N–H and O–H groups in total. The van der Waals surface area contributed by atoms with Gasteiger partial charge < -0.3 is 19.6 Å². The zero-order chi connectivity index (χ0) is 17.8. The van der Waals surface area contributed by atoms with Crippen molar-refractivity contribution in [2.45, 2.75) is 32.7 Å². The predicted octanol–water partition coefficient (Wildman–Crippen LogP) is 3.26. The SMILES string of the molecule is CCc1oc(C(=O)NCc2ccccc2OCC2CC2)cc1C(=O)O. The third kappa shape index (κ3) is 4.21. The van der Waals surface area contributed by atoms with Crippen LogP contribution in [0.3, 0.4) is 0 Å². The second-order valence-corrected chi connectivity index (χ2v) is 6.15. The summed E-state index contributed by atoms with van der Waals surface area (Å²) in [5.41, 5.74) is 0.901. The number of carbonyl (C=O) groups excluding carboxylic acids is 1. The zero-order valence-corrected chi connectivity index (χ0v) is 14.1. The number of nitrogens with one attached hydrogen (secondary N) is 1. The number of carboxylic acids is 1. The third-order valence-corrected chi connectivity index (χ3v) is 4.17. The van der Waals surface area contributed by atoms with Crippen molar-refractivity contribution in [1.29, 1.82) is 0 Å². The first kappa shape index (κ1) is 17.1. The second kappa shape index (κ2) is 7.42. The first-order valence-corrected chi connectivity index (χ1v) is 8.43. The number of aromatic carboxylic acids is 1. The Kier molecular flexibility index (Phi) is 5.07. The van der Waals surface area contributed by atoms with Crippen LogP contribution in [0, 0.1) is 5.92 Å². The number of hydrogen-bond acceptors (Lipinski definition) is 4. The highest BCUT2D eigenvalue weighted by Gasteiger charge is 2.23. The number of amides is 1. The maximum absolute atomic E-state index is 12.3. The van der Waals surface area contributed by atoms with Crippen molar-refractivity contribution in [2.75, 3.05) is 6.61 Å². The molecule has 0 atom stereocenters. The van der Waals surface area contributed by atoms with E-state index >= 15 is 0 Å². The molecule has 3 rings (SSSR count). The number of furan rings is 1. The van der Waals surface area contributed by atoms with Gasteiger partial charge in [-0.05, 0) is 24.8 Å². The summed E-state index contributed by atoms with van der Waals surface area (Å²) in [7, 11) is 0. The van der Waals surface area contributed by atoms with E-state index in [2.05, 4.69) is 5.32 Å².